The van der Waals surface area contributed by atoms with Crippen LogP contribution in [-0.2, 0) is 0 Å². The molecule has 1 fully saturated rings. The summed E-state index contributed by atoms with van der Waals surface area (Å²) in [6.45, 7) is 1.58. The highest BCUT2D eigenvalue weighted by atomic mass is 16.5. The molecule has 2 rings (SSSR count). The van der Waals surface area contributed by atoms with E-state index in [2.05, 4.69) is 6.08 Å². The van der Waals surface area contributed by atoms with Crippen molar-refractivity contribution in [3.63, 3.8) is 0 Å². The first-order chi connectivity index (χ1) is 4.86. The van der Waals surface area contributed by atoms with Crippen molar-refractivity contribution < 1.29 is 5.21 Å². The highest BCUT2D eigenvalue weighted by molar-refractivity contribution is 5.15. The van der Waals surface area contributed by atoms with E-state index in [1.165, 1.54) is 17.9 Å². The predicted octanol–water partition coefficient (Wildman–Crippen LogP) is 1.42. The van der Waals surface area contributed by atoms with Crippen LogP contribution < -0.4 is 0 Å². The predicted molar refractivity (Wildman–Crippen MR) is 38.8 cm³/mol. The lowest BCUT2D eigenvalue weighted by Crippen LogP contribution is -2.25. The average Bonchev–Trinajstić information content (AvgIpc) is 2.71. The van der Waals surface area contributed by atoms with E-state index >= 15 is 0 Å². The molecule has 1 heterocycles. The second-order valence-corrected chi connectivity index (χ2v) is 3.22. The van der Waals surface area contributed by atoms with Gasteiger partial charge in [0.2, 0.25) is 0 Å². The van der Waals surface area contributed by atoms with Crippen molar-refractivity contribution in [2.24, 2.45) is 5.92 Å². The van der Waals surface area contributed by atoms with Gasteiger partial charge in [-0.25, -0.2) is 0 Å². The average molecular weight is 139 g/mol. The summed E-state index contributed by atoms with van der Waals surface area (Å²) in [4.78, 5) is 0. The van der Waals surface area contributed by atoms with Crippen LogP contribution in [0.5, 0.6) is 0 Å². The summed E-state index contributed by atoms with van der Waals surface area (Å²) in [5.74, 6) is 0.897. The second-order valence-electron chi connectivity index (χ2n) is 3.22. The van der Waals surface area contributed by atoms with Crippen LogP contribution in [0.1, 0.15) is 19.3 Å². The number of hydrogen-bond acceptors (Lipinski definition) is 2. The van der Waals surface area contributed by atoms with Gasteiger partial charge in [-0.15, -0.1) is 0 Å². The molecule has 56 valence electrons. The van der Waals surface area contributed by atoms with Crippen LogP contribution in [0.4, 0.5) is 0 Å². The Labute approximate surface area is 61.1 Å². The van der Waals surface area contributed by atoms with E-state index in [4.69, 9.17) is 5.21 Å². The third-order valence-electron chi connectivity index (χ3n) is 2.32. The van der Waals surface area contributed by atoms with Gasteiger partial charge in [0.25, 0.3) is 0 Å². The SMILES string of the molecule is ON1CC=C(C2CC2)CC1. The second kappa shape index (κ2) is 2.36. The Bertz CT molecular complexity index is 161. The monoisotopic (exact) mass is 139 g/mol. The van der Waals surface area contributed by atoms with Crippen molar-refractivity contribution in [1.29, 1.82) is 0 Å². The van der Waals surface area contributed by atoms with Crippen LogP contribution >= 0.6 is 0 Å². The van der Waals surface area contributed by atoms with Gasteiger partial charge in [-0.2, -0.15) is 5.06 Å². The van der Waals surface area contributed by atoms with Gasteiger partial charge >= 0.3 is 0 Å². The standard InChI is InChI=1S/C8H13NO/c10-9-5-3-8(4-6-9)7-1-2-7/h3,7,10H,1-2,4-6H2. The number of rotatable bonds is 1. The third kappa shape index (κ3) is 1.22. The molecule has 0 aromatic carbocycles. The van der Waals surface area contributed by atoms with Crippen molar-refractivity contribution in [3.05, 3.63) is 11.6 Å². The molecule has 0 saturated heterocycles. The maximum atomic E-state index is 9.02. The van der Waals surface area contributed by atoms with E-state index < -0.39 is 0 Å². The normalized spacial score (nSPS) is 28.3. The van der Waals surface area contributed by atoms with Crippen molar-refractivity contribution in [2.75, 3.05) is 13.1 Å². The number of hydroxylamine groups is 2. The number of nitrogens with zero attached hydrogens (tertiary/aromatic N) is 1. The van der Waals surface area contributed by atoms with E-state index in [9.17, 15) is 0 Å². The molecule has 10 heavy (non-hydrogen) atoms. The summed E-state index contributed by atoms with van der Waals surface area (Å²) in [6, 6.07) is 0. The Hall–Kier alpha value is -0.340. The van der Waals surface area contributed by atoms with Gasteiger partial charge in [-0.05, 0) is 25.2 Å². The van der Waals surface area contributed by atoms with Gasteiger partial charge in [0.05, 0.1) is 0 Å². The molecule has 0 atom stereocenters. The molecule has 1 saturated carbocycles. The molecule has 2 heteroatoms. The highest BCUT2D eigenvalue weighted by Crippen LogP contribution is 2.38. The van der Waals surface area contributed by atoms with E-state index in [-0.39, 0.29) is 0 Å². The minimum absolute atomic E-state index is 0.742. The molecule has 2 nitrogen and oxygen atoms in total. The Kier molecular flexibility index (Phi) is 1.51. The van der Waals surface area contributed by atoms with Crippen LogP contribution in [0, 0.1) is 5.92 Å². The minimum atomic E-state index is 0.742. The molecule has 0 amide bonds. The fourth-order valence-electron chi connectivity index (χ4n) is 1.50. The van der Waals surface area contributed by atoms with E-state index in [1.807, 2.05) is 0 Å². The molecule has 0 unspecified atom stereocenters. The summed E-state index contributed by atoms with van der Waals surface area (Å²) in [6.07, 6.45) is 6.04. The molecule has 0 radical (unpaired) electrons. The van der Waals surface area contributed by atoms with Crippen LogP contribution in [0.3, 0.4) is 0 Å². The quantitative estimate of drug-likeness (QED) is 0.555. The maximum Gasteiger partial charge on any atom is 0.0421 e. The van der Waals surface area contributed by atoms with Gasteiger partial charge in [-0.3, -0.25) is 0 Å². The Balaban J connectivity index is 1.96. The first-order valence-electron chi connectivity index (χ1n) is 3.99. The zero-order valence-electron chi connectivity index (χ0n) is 6.08. The van der Waals surface area contributed by atoms with E-state index in [1.54, 1.807) is 5.57 Å². The molecule has 0 aromatic heterocycles. The third-order valence-corrected chi connectivity index (χ3v) is 2.32. The topological polar surface area (TPSA) is 23.5 Å². The lowest BCUT2D eigenvalue weighted by atomic mass is 10.1. The summed E-state index contributed by atoms with van der Waals surface area (Å²) in [7, 11) is 0. The van der Waals surface area contributed by atoms with Crippen LogP contribution in [0.2, 0.25) is 0 Å². The first-order valence-corrected chi connectivity index (χ1v) is 3.99. The van der Waals surface area contributed by atoms with Crippen LogP contribution in [0.15, 0.2) is 11.6 Å². The molecule has 2 aliphatic rings. The lowest BCUT2D eigenvalue weighted by Gasteiger charge is -2.19. The zero-order valence-corrected chi connectivity index (χ0v) is 6.08. The van der Waals surface area contributed by atoms with Gasteiger partial charge in [-0.1, -0.05) is 11.6 Å². The van der Waals surface area contributed by atoms with Crippen molar-refractivity contribution in [3.8, 4) is 0 Å². The van der Waals surface area contributed by atoms with Gasteiger partial charge in [0.15, 0.2) is 0 Å². The van der Waals surface area contributed by atoms with Gasteiger partial charge in [0.1, 0.15) is 0 Å². The summed E-state index contributed by atoms with van der Waals surface area (Å²) >= 11 is 0. The van der Waals surface area contributed by atoms with Crippen molar-refractivity contribution >= 4 is 0 Å². The fraction of sp³-hybridized carbons (Fsp3) is 0.750. The molecule has 0 spiro atoms. The minimum Gasteiger partial charge on any atom is -0.314 e. The molecular weight excluding hydrogens is 126 g/mol. The molecule has 1 N–H and O–H groups in total. The summed E-state index contributed by atoms with van der Waals surface area (Å²) < 4.78 is 0. The molecule has 1 aliphatic carbocycles. The first kappa shape index (κ1) is 6.38. The molecule has 1 aliphatic heterocycles. The fourth-order valence-corrected chi connectivity index (χ4v) is 1.50. The van der Waals surface area contributed by atoms with E-state index in [0.717, 1.165) is 25.4 Å². The molecular formula is C8H13NO. The van der Waals surface area contributed by atoms with Crippen molar-refractivity contribution in [1.82, 2.24) is 5.06 Å². The zero-order chi connectivity index (χ0) is 6.97. The van der Waals surface area contributed by atoms with Crippen LogP contribution in [-0.4, -0.2) is 23.4 Å². The largest absolute Gasteiger partial charge is 0.314 e. The Morgan fingerprint density at radius 2 is 2.30 bits per heavy atom. The maximum absolute atomic E-state index is 9.02. The Morgan fingerprint density at radius 1 is 1.50 bits per heavy atom. The number of hydrogen-bond donors (Lipinski definition) is 1. The van der Waals surface area contributed by atoms with E-state index in [0.29, 0.717) is 0 Å². The highest BCUT2D eigenvalue weighted by Gasteiger charge is 2.27. The van der Waals surface area contributed by atoms with Gasteiger partial charge in [0, 0.05) is 13.1 Å². The van der Waals surface area contributed by atoms with Gasteiger partial charge < -0.3 is 5.21 Å². The smallest absolute Gasteiger partial charge is 0.0421 e. The summed E-state index contributed by atoms with van der Waals surface area (Å²) in [5, 5.41) is 10.4. The molecule has 0 aromatic rings. The Morgan fingerprint density at radius 3 is 2.80 bits per heavy atom. The molecule has 0 bridgehead atoms. The lowest BCUT2D eigenvalue weighted by molar-refractivity contribution is -0.0831. The van der Waals surface area contributed by atoms with Crippen molar-refractivity contribution in [2.45, 2.75) is 19.3 Å². The van der Waals surface area contributed by atoms with Crippen LogP contribution in [0.25, 0.3) is 0 Å². The summed E-state index contributed by atoms with van der Waals surface area (Å²) in [5.41, 5.74) is 1.59.